The van der Waals surface area contributed by atoms with Gasteiger partial charge in [-0.1, -0.05) is 43.5 Å². The maximum Gasteiger partial charge on any atom is 0.120 e. The van der Waals surface area contributed by atoms with E-state index in [0.717, 1.165) is 11.3 Å². The van der Waals surface area contributed by atoms with Crippen molar-refractivity contribution in [2.75, 3.05) is 6.61 Å². The summed E-state index contributed by atoms with van der Waals surface area (Å²) in [6, 6.07) is 7.98. The Morgan fingerprint density at radius 2 is 2.20 bits per heavy atom. The monoisotopic (exact) mass is 200 g/mol. The van der Waals surface area contributed by atoms with E-state index in [0.29, 0.717) is 6.61 Å². The molecular weight excluding hydrogens is 184 g/mol. The number of allylic oxidation sites excluding steroid dienone is 2. The first-order valence-electron chi connectivity index (χ1n) is 4.89. The summed E-state index contributed by atoms with van der Waals surface area (Å²) in [7, 11) is 0. The molecule has 0 N–H and O–H groups in total. The van der Waals surface area contributed by atoms with Gasteiger partial charge in [0.05, 0.1) is 0 Å². The molecule has 0 aliphatic rings. The van der Waals surface area contributed by atoms with E-state index in [1.807, 2.05) is 37.3 Å². The van der Waals surface area contributed by atoms with Crippen LogP contribution in [0.15, 0.2) is 61.2 Å². The van der Waals surface area contributed by atoms with Gasteiger partial charge in [0.15, 0.2) is 0 Å². The minimum absolute atomic E-state index is 0.527. The Bertz CT molecular complexity index is 375. The Kier molecular flexibility index (Phi) is 4.42. The third-order valence-corrected chi connectivity index (χ3v) is 1.99. The van der Waals surface area contributed by atoms with Crippen molar-refractivity contribution < 1.29 is 4.74 Å². The van der Waals surface area contributed by atoms with E-state index < -0.39 is 0 Å². The minimum atomic E-state index is 0.527. The van der Waals surface area contributed by atoms with Crippen molar-refractivity contribution in [2.24, 2.45) is 0 Å². The summed E-state index contributed by atoms with van der Waals surface area (Å²) in [5, 5.41) is 0. The minimum Gasteiger partial charge on any atom is -0.489 e. The van der Waals surface area contributed by atoms with Crippen molar-refractivity contribution in [3.8, 4) is 5.75 Å². The highest BCUT2D eigenvalue weighted by Gasteiger charge is 1.95. The largest absolute Gasteiger partial charge is 0.489 e. The highest BCUT2D eigenvalue weighted by Crippen LogP contribution is 2.13. The Hall–Kier alpha value is -1.76. The molecule has 0 amide bonds. The fourth-order valence-electron chi connectivity index (χ4n) is 1.20. The lowest BCUT2D eigenvalue weighted by atomic mass is 10.2. The summed E-state index contributed by atoms with van der Waals surface area (Å²) in [4.78, 5) is 0. The average molecular weight is 200 g/mol. The van der Waals surface area contributed by atoms with Gasteiger partial charge >= 0.3 is 0 Å². The van der Waals surface area contributed by atoms with E-state index in [2.05, 4.69) is 13.2 Å². The van der Waals surface area contributed by atoms with Gasteiger partial charge in [-0.2, -0.15) is 0 Å². The Morgan fingerprint density at radius 1 is 1.40 bits per heavy atom. The number of ether oxygens (including phenoxy) is 1. The highest BCUT2D eigenvalue weighted by atomic mass is 16.5. The van der Waals surface area contributed by atoms with Crippen molar-refractivity contribution in [3.05, 3.63) is 66.8 Å². The van der Waals surface area contributed by atoms with Gasteiger partial charge < -0.3 is 4.74 Å². The summed E-state index contributed by atoms with van der Waals surface area (Å²) in [5.74, 6) is 0.881. The predicted molar refractivity (Wildman–Crippen MR) is 65.2 cm³/mol. The normalized spacial score (nSPS) is 10.9. The van der Waals surface area contributed by atoms with Crippen molar-refractivity contribution in [1.29, 1.82) is 0 Å². The lowest BCUT2D eigenvalue weighted by Gasteiger charge is -2.06. The van der Waals surface area contributed by atoms with E-state index in [-0.39, 0.29) is 0 Å². The maximum atomic E-state index is 5.61. The summed E-state index contributed by atoms with van der Waals surface area (Å²) < 4.78 is 5.61. The smallest absolute Gasteiger partial charge is 0.120 e. The summed E-state index contributed by atoms with van der Waals surface area (Å²) >= 11 is 0. The quantitative estimate of drug-likeness (QED) is 0.659. The van der Waals surface area contributed by atoms with Crippen LogP contribution in [0.1, 0.15) is 5.56 Å². The molecule has 0 heterocycles. The van der Waals surface area contributed by atoms with Crippen LogP contribution in [0.25, 0.3) is 0 Å². The highest BCUT2D eigenvalue weighted by molar-refractivity contribution is 5.29. The maximum absolute atomic E-state index is 5.61. The predicted octanol–water partition coefficient (Wildman–Crippen LogP) is 3.67. The second-order valence-corrected chi connectivity index (χ2v) is 3.29. The molecule has 1 aromatic rings. The molecule has 0 bridgehead atoms. The second kappa shape index (κ2) is 5.86. The molecule has 0 saturated heterocycles. The van der Waals surface area contributed by atoms with Crippen molar-refractivity contribution in [1.82, 2.24) is 0 Å². The van der Waals surface area contributed by atoms with Crippen LogP contribution in [0.4, 0.5) is 0 Å². The van der Waals surface area contributed by atoms with Crippen molar-refractivity contribution >= 4 is 0 Å². The molecule has 15 heavy (non-hydrogen) atoms. The van der Waals surface area contributed by atoms with Gasteiger partial charge in [0.25, 0.3) is 0 Å². The van der Waals surface area contributed by atoms with Gasteiger partial charge in [-0.15, -0.1) is 0 Å². The molecule has 1 rings (SSSR count). The molecule has 1 nitrogen and oxygen atoms in total. The average Bonchev–Trinajstić information content (AvgIpc) is 2.24. The first-order chi connectivity index (χ1) is 7.26. The third kappa shape index (κ3) is 3.86. The third-order valence-electron chi connectivity index (χ3n) is 1.99. The van der Waals surface area contributed by atoms with E-state index in [1.54, 1.807) is 12.2 Å². The van der Waals surface area contributed by atoms with E-state index >= 15 is 0 Å². The van der Waals surface area contributed by atoms with Crippen LogP contribution < -0.4 is 4.74 Å². The topological polar surface area (TPSA) is 9.23 Å². The molecule has 0 radical (unpaired) electrons. The van der Waals surface area contributed by atoms with Crippen molar-refractivity contribution in [3.63, 3.8) is 0 Å². The number of benzene rings is 1. The van der Waals surface area contributed by atoms with E-state index in [9.17, 15) is 0 Å². The number of aryl methyl sites for hydroxylation is 1. The SMILES string of the molecule is C=C/C=C(\C=C)COc1cccc(C)c1. The van der Waals surface area contributed by atoms with Crippen LogP contribution in [0, 0.1) is 6.92 Å². The standard InChI is InChI=1S/C14H16O/c1-4-7-13(5-2)11-15-14-9-6-8-12(3)10-14/h4-10H,1-2,11H2,3H3/b13-7+. The van der Waals surface area contributed by atoms with Gasteiger partial charge in [0.1, 0.15) is 12.4 Å². The molecule has 78 valence electrons. The Balaban J connectivity index is 2.60. The zero-order valence-corrected chi connectivity index (χ0v) is 9.07. The van der Waals surface area contributed by atoms with Crippen LogP contribution in [0.5, 0.6) is 5.75 Å². The van der Waals surface area contributed by atoms with Gasteiger partial charge in [-0.25, -0.2) is 0 Å². The number of rotatable bonds is 5. The molecular formula is C14H16O. The van der Waals surface area contributed by atoms with Crippen LogP contribution in [-0.4, -0.2) is 6.61 Å². The summed E-state index contributed by atoms with van der Waals surface area (Å²) in [6.07, 6.45) is 5.40. The lowest BCUT2D eigenvalue weighted by Crippen LogP contribution is -1.99. The Morgan fingerprint density at radius 3 is 2.80 bits per heavy atom. The molecule has 0 aliphatic carbocycles. The molecule has 0 fully saturated rings. The first-order valence-corrected chi connectivity index (χ1v) is 4.89. The molecule has 0 aliphatic heterocycles. The molecule has 1 aromatic carbocycles. The first kappa shape index (κ1) is 11.3. The Labute approximate surface area is 91.4 Å². The zero-order chi connectivity index (χ0) is 11.1. The van der Waals surface area contributed by atoms with Crippen molar-refractivity contribution in [2.45, 2.75) is 6.92 Å². The van der Waals surface area contributed by atoms with Crippen LogP contribution in [0.3, 0.4) is 0 Å². The second-order valence-electron chi connectivity index (χ2n) is 3.29. The van der Waals surface area contributed by atoms with Crippen LogP contribution in [0.2, 0.25) is 0 Å². The lowest BCUT2D eigenvalue weighted by molar-refractivity contribution is 0.355. The fraction of sp³-hybridized carbons (Fsp3) is 0.143. The molecule has 0 unspecified atom stereocenters. The molecule has 1 heteroatoms. The molecule has 0 aromatic heterocycles. The summed E-state index contributed by atoms with van der Waals surface area (Å²) in [5.41, 5.74) is 2.21. The van der Waals surface area contributed by atoms with Gasteiger partial charge in [0.2, 0.25) is 0 Å². The van der Waals surface area contributed by atoms with Crippen LogP contribution >= 0.6 is 0 Å². The van der Waals surface area contributed by atoms with Crippen LogP contribution in [-0.2, 0) is 0 Å². The number of hydrogen-bond acceptors (Lipinski definition) is 1. The molecule has 0 spiro atoms. The van der Waals surface area contributed by atoms with Gasteiger partial charge in [-0.05, 0) is 30.2 Å². The number of hydrogen-bond donors (Lipinski definition) is 0. The summed E-state index contributed by atoms with van der Waals surface area (Å²) in [6.45, 7) is 9.92. The van der Waals surface area contributed by atoms with Gasteiger partial charge in [-0.3, -0.25) is 0 Å². The van der Waals surface area contributed by atoms with E-state index in [4.69, 9.17) is 4.74 Å². The van der Waals surface area contributed by atoms with E-state index in [1.165, 1.54) is 5.56 Å². The molecule has 0 saturated carbocycles. The fourth-order valence-corrected chi connectivity index (χ4v) is 1.20. The van der Waals surface area contributed by atoms with Gasteiger partial charge in [0, 0.05) is 0 Å². The zero-order valence-electron chi connectivity index (χ0n) is 9.07. The molecule has 0 atom stereocenters.